The SMILES string of the molecule is COC(=O)c1nnn(-c2cc(C(C)C)c(N3C=CN(c4c(C(C)C)cc(-n5nnc(C(=O)OC)c5C(=O)OC)cc4C(C)C)C3)c(C(C)C)c2)c1C(=O)OC. The first-order valence-corrected chi connectivity index (χ1v) is 17.9. The van der Waals surface area contributed by atoms with Gasteiger partial charge in [0.05, 0.1) is 46.5 Å². The van der Waals surface area contributed by atoms with E-state index in [1.807, 2.05) is 24.3 Å². The molecule has 55 heavy (non-hydrogen) atoms. The van der Waals surface area contributed by atoms with Crippen LogP contribution in [0, 0.1) is 0 Å². The van der Waals surface area contributed by atoms with Gasteiger partial charge < -0.3 is 28.7 Å². The summed E-state index contributed by atoms with van der Waals surface area (Å²) in [5, 5.41) is 16.3. The molecule has 2 aromatic heterocycles. The van der Waals surface area contributed by atoms with Crippen LogP contribution in [0.25, 0.3) is 11.4 Å². The summed E-state index contributed by atoms with van der Waals surface area (Å²) in [5.41, 5.74) is 6.34. The van der Waals surface area contributed by atoms with Crippen LogP contribution in [-0.4, -0.2) is 89.0 Å². The second kappa shape index (κ2) is 16.1. The van der Waals surface area contributed by atoms with Crippen molar-refractivity contribution in [2.75, 3.05) is 44.9 Å². The Kier molecular flexibility index (Phi) is 11.8. The monoisotopic (exact) mass is 756 g/mol. The maximum atomic E-state index is 12.9. The Morgan fingerprint density at radius 1 is 0.509 bits per heavy atom. The number of hydrogen-bond acceptors (Lipinski definition) is 14. The van der Waals surface area contributed by atoms with Crippen LogP contribution < -0.4 is 9.80 Å². The molecule has 3 heterocycles. The second-order valence-corrected chi connectivity index (χ2v) is 14.3. The number of benzene rings is 2. The van der Waals surface area contributed by atoms with Gasteiger partial charge in [-0.05, 0) is 70.2 Å². The molecule has 0 fully saturated rings. The van der Waals surface area contributed by atoms with Gasteiger partial charge >= 0.3 is 23.9 Å². The average Bonchev–Trinajstić information content (AvgIpc) is 3.94. The van der Waals surface area contributed by atoms with Crippen molar-refractivity contribution in [3.8, 4) is 11.4 Å². The summed E-state index contributed by atoms with van der Waals surface area (Å²) >= 11 is 0. The van der Waals surface area contributed by atoms with E-state index < -0.39 is 23.9 Å². The van der Waals surface area contributed by atoms with Crippen molar-refractivity contribution >= 4 is 35.3 Å². The van der Waals surface area contributed by atoms with Gasteiger partial charge in [-0.1, -0.05) is 65.8 Å². The molecule has 292 valence electrons. The highest BCUT2D eigenvalue weighted by Crippen LogP contribution is 2.43. The Hall–Kier alpha value is -6.06. The van der Waals surface area contributed by atoms with Crippen molar-refractivity contribution < 1.29 is 38.1 Å². The summed E-state index contributed by atoms with van der Waals surface area (Å²) in [4.78, 5) is 55.4. The lowest BCUT2D eigenvalue weighted by molar-refractivity contribution is 0.0546. The molecule has 2 aromatic carbocycles. The van der Waals surface area contributed by atoms with Crippen molar-refractivity contribution in [2.24, 2.45) is 0 Å². The third-order valence-corrected chi connectivity index (χ3v) is 9.45. The van der Waals surface area contributed by atoms with Gasteiger partial charge in [-0.15, -0.1) is 10.2 Å². The van der Waals surface area contributed by atoms with Crippen LogP contribution in [0.4, 0.5) is 11.4 Å². The van der Waals surface area contributed by atoms with Crippen molar-refractivity contribution in [3.63, 3.8) is 0 Å². The van der Waals surface area contributed by atoms with E-state index in [4.69, 9.17) is 18.9 Å². The predicted molar refractivity (Wildman–Crippen MR) is 203 cm³/mol. The topological polar surface area (TPSA) is 173 Å². The van der Waals surface area contributed by atoms with Crippen LogP contribution >= 0.6 is 0 Å². The highest BCUT2D eigenvalue weighted by molar-refractivity contribution is 6.01. The van der Waals surface area contributed by atoms with Gasteiger partial charge in [0.1, 0.15) is 0 Å². The molecule has 5 rings (SSSR count). The summed E-state index contributed by atoms with van der Waals surface area (Å²) in [6, 6.07) is 7.83. The molecule has 4 aromatic rings. The Labute approximate surface area is 320 Å². The third kappa shape index (κ3) is 7.40. The normalized spacial score (nSPS) is 12.7. The summed E-state index contributed by atoms with van der Waals surface area (Å²) < 4.78 is 22.4. The molecule has 0 bridgehead atoms. The number of anilines is 2. The number of nitrogens with zero attached hydrogens (tertiary/aromatic N) is 8. The van der Waals surface area contributed by atoms with Gasteiger partial charge in [0.2, 0.25) is 11.4 Å². The van der Waals surface area contributed by atoms with Gasteiger partial charge in [0.25, 0.3) is 0 Å². The Morgan fingerprint density at radius 3 is 1.05 bits per heavy atom. The van der Waals surface area contributed by atoms with Crippen molar-refractivity contribution in [3.05, 3.63) is 81.7 Å². The molecule has 0 spiro atoms. The fourth-order valence-electron chi connectivity index (χ4n) is 6.66. The summed E-state index contributed by atoms with van der Waals surface area (Å²) in [7, 11) is 4.87. The van der Waals surface area contributed by atoms with Gasteiger partial charge in [-0.2, -0.15) is 0 Å². The minimum Gasteiger partial charge on any atom is -0.464 e. The molecule has 0 saturated carbocycles. The van der Waals surface area contributed by atoms with Crippen molar-refractivity contribution in [2.45, 2.75) is 79.1 Å². The molecule has 0 radical (unpaired) electrons. The quantitative estimate of drug-likeness (QED) is 0.117. The predicted octanol–water partition coefficient (Wildman–Crippen LogP) is 6.24. The van der Waals surface area contributed by atoms with E-state index in [9.17, 15) is 19.2 Å². The van der Waals surface area contributed by atoms with Crippen LogP contribution in [0.3, 0.4) is 0 Å². The number of carbonyl (C=O) groups is 4. The van der Waals surface area contributed by atoms with E-state index in [-0.39, 0.29) is 46.4 Å². The van der Waals surface area contributed by atoms with Gasteiger partial charge in [-0.25, -0.2) is 28.5 Å². The molecule has 0 aliphatic carbocycles. The minimum atomic E-state index is -0.801. The van der Waals surface area contributed by atoms with E-state index in [1.54, 1.807) is 0 Å². The molecule has 0 N–H and O–H groups in total. The largest absolute Gasteiger partial charge is 0.464 e. The molecule has 1 aliphatic rings. The van der Waals surface area contributed by atoms with Gasteiger partial charge in [0, 0.05) is 23.8 Å². The van der Waals surface area contributed by atoms with Crippen LogP contribution in [-0.2, 0) is 18.9 Å². The van der Waals surface area contributed by atoms with E-state index in [2.05, 4.69) is 98.2 Å². The Bertz CT molecular complexity index is 1960. The smallest absolute Gasteiger partial charge is 0.361 e. The summed E-state index contributed by atoms with van der Waals surface area (Å²) in [6.45, 7) is 17.2. The fraction of sp³-hybridized carbons (Fsp3) is 0.436. The standard InChI is InChI=1S/C39H48N8O8/c1-20(2)26-15-24(46-34(38(50)54-11)30(40-42-46)36(48)52-9)16-27(21(3)4)32(26)44-13-14-45(19-44)33-28(22(5)6)17-25(18-29(33)23(7)8)47-35(39(51)55-12)31(41-43-47)37(49)53-10/h13-18,20-23H,19H2,1-12H3. The van der Waals surface area contributed by atoms with Gasteiger partial charge in [0.15, 0.2) is 11.4 Å². The lowest BCUT2D eigenvalue weighted by Gasteiger charge is -2.32. The highest BCUT2D eigenvalue weighted by Gasteiger charge is 2.33. The fourth-order valence-corrected chi connectivity index (χ4v) is 6.66. The Balaban J connectivity index is 1.64. The minimum absolute atomic E-state index is 0.0402. The molecular formula is C39H48N8O8. The number of rotatable bonds is 12. The number of methoxy groups -OCH3 is 4. The lowest BCUT2D eigenvalue weighted by atomic mass is 9.90. The highest BCUT2D eigenvalue weighted by atomic mass is 16.5. The summed E-state index contributed by atoms with van der Waals surface area (Å²) in [5.74, 6) is -2.98. The van der Waals surface area contributed by atoms with Crippen molar-refractivity contribution in [1.29, 1.82) is 0 Å². The molecule has 1 aliphatic heterocycles. The lowest BCUT2D eigenvalue weighted by Crippen LogP contribution is -2.28. The first-order chi connectivity index (χ1) is 26.1. The first-order valence-electron chi connectivity index (χ1n) is 17.9. The van der Waals surface area contributed by atoms with Crippen molar-refractivity contribution in [1.82, 2.24) is 30.0 Å². The zero-order valence-electron chi connectivity index (χ0n) is 33.3. The summed E-state index contributed by atoms with van der Waals surface area (Å²) in [6.07, 6.45) is 4.10. The Morgan fingerprint density at radius 2 is 0.800 bits per heavy atom. The van der Waals surface area contributed by atoms with Crippen LogP contribution in [0.15, 0.2) is 36.7 Å². The maximum absolute atomic E-state index is 12.9. The number of ether oxygens (including phenoxy) is 4. The molecule has 0 saturated heterocycles. The van der Waals surface area contributed by atoms with Crippen LogP contribution in [0.2, 0.25) is 0 Å². The number of aromatic nitrogens is 6. The van der Waals surface area contributed by atoms with E-state index >= 15 is 0 Å². The van der Waals surface area contributed by atoms with Crippen LogP contribution in [0.5, 0.6) is 0 Å². The van der Waals surface area contributed by atoms with E-state index in [0.717, 1.165) is 33.6 Å². The van der Waals surface area contributed by atoms with E-state index in [1.165, 1.54) is 37.8 Å². The van der Waals surface area contributed by atoms with Gasteiger partial charge in [-0.3, -0.25) is 0 Å². The molecule has 0 unspecified atom stereocenters. The second-order valence-electron chi connectivity index (χ2n) is 14.3. The van der Waals surface area contributed by atoms with E-state index in [0.29, 0.717) is 18.0 Å². The average molecular weight is 757 g/mol. The number of esters is 4. The molecule has 0 amide bonds. The number of hydrogen-bond donors (Lipinski definition) is 0. The third-order valence-electron chi connectivity index (χ3n) is 9.45. The number of carbonyl (C=O) groups excluding carboxylic acids is 4. The zero-order chi connectivity index (χ0) is 40.5. The molecule has 16 nitrogen and oxygen atoms in total. The maximum Gasteiger partial charge on any atom is 0.361 e. The molecular weight excluding hydrogens is 708 g/mol. The molecule has 0 atom stereocenters. The zero-order valence-corrected chi connectivity index (χ0v) is 33.3. The molecule has 16 heteroatoms. The van der Waals surface area contributed by atoms with Crippen LogP contribution in [0.1, 0.15) is 143 Å². The first kappa shape index (κ1) is 40.1.